The van der Waals surface area contributed by atoms with Crippen LogP contribution in [-0.2, 0) is 4.79 Å². The molecule has 0 atom stereocenters. The molecule has 1 amide bonds. The van der Waals surface area contributed by atoms with Crippen LogP contribution in [0.3, 0.4) is 0 Å². The fourth-order valence-corrected chi connectivity index (χ4v) is 3.15. The van der Waals surface area contributed by atoms with E-state index in [-0.39, 0.29) is 24.0 Å². The number of benzene rings is 2. The van der Waals surface area contributed by atoms with Crippen molar-refractivity contribution in [2.45, 2.75) is 39.5 Å². The molecule has 4 nitrogen and oxygen atoms in total. The van der Waals surface area contributed by atoms with Crippen LogP contribution in [-0.4, -0.2) is 12.3 Å². The van der Waals surface area contributed by atoms with E-state index in [1.54, 1.807) is 11.4 Å². The number of allylic oxidation sites excluding steroid dienone is 1. The van der Waals surface area contributed by atoms with E-state index in [2.05, 4.69) is 4.74 Å². The second-order valence-corrected chi connectivity index (χ2v) is 6.46. The number of carbonyl (C=O) groups is 1. The minimum atomic E-state index is -5.10. The molecule has 0 radical (unpaired) electrons. The van der Waals surface area contributed by atoms with Gasteiger partial charge in [0.25, 0.3) is 5.91 Å². The Kier molecular flexibility index (Phi) is 8.08. The molecule has 33 heavy (non-hydrogen) atoms. The number of hydrogen-bond donors (Lipinski definition) is 1. The van der Waals surface area contributed by atoms with Crippen LogP contribution in [0.2, 0.25) is 0 Å². The van der Waals surface area contributed by atoms with Gasteiger partial charge in [-0.25, -0.2) is 17.6 Å². The number of nitrogens with zero attached hydrogens (tertiary/aromatic N) is 1. The van der Waals surface area contributed by atoms with Crippen molar-refractivity contribution in [3.63, 3.8) is 0 Å². The minimum Gasteiger partial charge on any atom is -0.406 e. The first-order valence-electron chi connectivity index (χ1n) is 9.69. The summed E-state index contributed by atoms with van der Waals surface area (Å²) < 4.78 is 98.9. The fraction of sp³-hybridized carbons (Fsp3) is 0.273. The van der Waals surface area contributed by atoms with Crippen molar-refractivity contribution in [3.8, 4) is 22.9 Å². The van der Waals surface area contributed by atoms with Crippen molar-refractivity contribution < 1.29 is 40.3 Å². The molecule has 0 spiro atoms. The lowest BCUT2D eigenvalue weighted by Gasteiger charge is -2.15. The Labute approximate surface area is 184 Å². The SMILES string of the molecule is CC.N#CC1=C(C(=O)Nc2c(F)c(F)c(-c3cccc(OC(F)(F)F)c3)c(F)c2F)CCC1. The average molecular weight is 474 g/mol. The Morgan fingerprint density at radius 2 is 1.64 bits per heavy atom. The molecular weight excluding hydrogens is 457 g/mol. The third kappa shape index (κ3) is 5.63. The Bertz CT molecular complexity index is 1110. The van der Waals surface area contributed by atoms with Gasteiger partial charge in [0.15, 0.2) is 23.3 Å². The van der Waals surface area contributed by atoms with E-state index >= 15 is 0 Å². The minimum absolute atomic E-state index is 0.0526. The van der Waals surface area contributed by atoms with Crippen LogP contribution in [0, 0.1) is 34.6 Å². The summed E-state index contributed by atoms with van der Waals surface area (Å²) in [6.45, 7) is 4.00. The third-order valence-corrected chi connectivity index (χ3v) is 4.49. The van der Waals surface area contributed by atoms with Gasteiger partial charge < -0.3 is 10.1 Å². The maximum absolute atomic E-state index is 14.6. The van der Waals surface area contributed by atoms with E-state index in [1.807, 2.05) is 13.8 Å². The molecule has 0 saturated carbocycles. The number of alkyl halides is 3. The molecule has 0 bridgehead atoms. The Morgan fingerprint density at radius 3 is 2.18 bits per heavy atom. The summed E-state index contributed by atoms with van der Waals surface area (Å²) in [5, 5.41) is 10.7. The molecule has 1 N–H and O–H groups in total. The van der Waals surface area contributed by atoms with Crippen molar-refractivity contribution in [2.24, 2.45) is 0 Å². The molecule has 0 heterocycles. The van der Waals surface area contributed by atoms with Crippen molar-refractivity contribution in [1.82, 2.24) is 0 Å². The quantitative estimate of drug-likeness (QED) is 0.393. The summed E-state index contributed by atoms with van der Waals surface area (Å²) in [4.78, 5) is 12.2. The highest BCUT2D eigenvalue weighted by atomic mass is 19.4. The van der Waals surface area contributed by atoms with Gasteiger partial charge in [-0.15, -0.1) is 13.2 Å². The smallest absolute Gasteiger partial charge is 0.406 e. The summed E-state index contributed by atoms with van der Waals surface area (Å²) >= 11 is 0. The lowest BCUT2D eigenvalue weighted by molar-refractivity contribution is -0.274. The van der Waals surface area contributed by atoms with Gasteiger partial charge in [-0.3, -0.25) is 4.79 Å². The van der Waals surface area contributed by atoms with Crippen molar-refractivity contribution >= 4 is 11.6 Å². The first-order valence-corrected chi connectivity index (χ1v) is 9.69. The van der Waals surface area contributed by atoms with Gasteiger partial charge in [-0.05, 0) is 37.0 Å². The standard InChI is InChI=1S/C20H11F7N2O2.C2H6/c21-14-13(9-3-1-5-11(7-9)31-20(25,26)27)15(22)17(24)18(16(14)23)29-19(30)12-6-2-4-10(12)8-28;1-2/h1,3,5,7H,2,4,6H2,(H,29,30);1-2H3. The normalized spacial score (nSPS) is 13.2. The molecule has 0 saturated heterocycles. The maximum atomic E-state index is 14.6. The molecule has 2 aromatic carbocycles. The zero-order valence-electron chi connectivity index (χ0n) is 17.3. The Hall–Kier alpha value is -3.55. The van der Waals surface area contributed by atoms with Crippen molar-refractivity contribution in [3.05, 3.63) is 58.7 Å². The average Bonchev–Trinajstić information content (AvgIpc) is 3.25. The van der Waals surface area contributed by atoms with E-state index in [9.17, 15) is 35.5 Å². The van der Waals surface area contributed by atoms with Crippen LogP contribution >= 0.6 is 0 Å². The predicted molar refractivity (Wildman–Crippen MR) is 105 cm³/mol. The van der Waals surface area contributed by atoms with Gasteiger partial charge in [0, 0.05) is 11.1 Å². The highest BCUT2D eigenvalue weighted by molar-refractivity contribution is 6.05. The van der Waals surface area contributed by atoms with Crippen LogP contribution in [0.5, 0.6) is 5.75 Å². The third-order valence-electron chi connectivity index (χ3n) is 4.49. The molecule has 0 unspecified atom stereocenters. The summed E-state index contributed by atoms with van der Waals surface area (Å²) in [5.41, 5.74) is -3.28. The van der Waals surface area contributed by atoms with Crippen molar-refractivity contribution in [2.75, 3.05) is 5.32 Å². The van der Waals surface area contributed by atoms with Gasteiger partial charge in [0.2, 0.25) is 0 Å². The van der Waals surface area contributed by atoms with Gasteiger partial charge in [-0.2, -0.15) is 5.26 Å². The Morgan fingerprint density at radius 1 is 1.03 bits per heavy atom. The van der Waals surface area contributed by atoms with Gasteiger partial charge in [0.05, 0.1) is 11.6 Å². The summed E-state index contributed by atoms with van der Waals surface area (Å²) in [6.07, 6.45) is -4.22. The monoisotopic (exact) mass is 474 g/mol. The topological polar surface area (TPSA) is 62.1 Å². The number of ether oxygens (including phenoxy) is 1. The van der Waals surface area contributed by atoms with Crippen molar-refractivity contribution in [1.29, 1.82) is 5.26 Å². The largest absolute Gasteiger partial charge is 0.573 e. The van der Waals surface area contributed by atoms with E-state index in [4.69, 9.17) is 5.26 Å². The molecule has 2 aromatic rings. The fourth-order valence-electron chi connectivity index (χ4n) is 3.15. The van der Waals surface area contributed by atoms with Crippen LogP contribution in [0.15, 0.2) is 35.4 Å². The molecule has 11 heteroatoms. The highest BCUT2D eigenvalue weighted by Gasteiger charge is 2.32. The number of anilines is 1. The number of hydrogen-bond acceptors (Lipinski definition) is 3. The van der Waals surface area contributed by atoms with Crippen LogP contribution < -0.4 is 10.1 Å². The number of nitrogens with one attached hydrogen (secondary N) is 1. The first kappa shape index (κ1) is 25.7. The number of nitriles is 1. The van der Waals surface area contributed by atoms with Crippen LogP contribution in [0.25, 0.3) is 11.1 Å². The van der Waals surface area contributed by atoms with Crippen LogP contribution in [0.1, 0.15) is 33.1 Å². The maximum Gasteiger partial charge on any atom is 0.573 e. The number of amides is 1. The summed E-state index contributed by atoms with van der Waals surface area (Å²) in [6, 6.07) is 5.02. The zero-order chi connectivity index (χ0) is 24.9. The first-order chi connectivity index (χ1) is 15.5. The molecule has 0 aliphatic heterocycles. The van der Waals surface area contributed by atoms with Gasteiger partial charge in [-0.1, -0.05) is 26.0 Å². The molecule has 1 aliphatic rings. The molecule has 0 fully saturated rings. The molecule has 176 valence electrons. The molecule has 1 aliphatic carbocycles. The highest BCUT2D eigenvalue weighted by Crippen LogP contribution is 2.37. The van der Waals surface area contributed by atoms with Crippen LogP contribution in [0.4, 0.5) is 36.4 Å². The lowest BCUT2D eigenvalue weighted by Crippen LogP contribution is -2.18. The number of rotatable bonds is 4. The number of carbonyl (C=O) groups excluding carboxylic acids is 1. The second-order valence-electron chi connectivity index (χ2n) is 6.46. The predicted octanol–water partition coefficient (Wildman–Crippen LogP) is 6.78. The zero-order valence-corrected chi connectivity index (χ0v) is 17.3. The Balaban J connectivity index is 0.00000187. The van der Waals surface area contributed by atoms with Gasteiger partial charge >= 0.3 is 6.36 Å². The van der Waals surface area contributed by atoms with E-state index < -0.39 is 58.1 Å². The van der Waals surface area contributed by atoms with E-state index in [0.29, 0.717) is 12.5 Å². The van der Waals surface area contributed by atoms with Gasteiger partial charge in [0.1, 0.15) is 11.4 Å². The lowest BCUT2D eigenvalue weighted by atomic mass is 10.0. The van der Waals surface area contributed by atoms with E-state index in [1.165, 1.54) is 0 Å². The second kappa shape index (κ2) is 10.4. The summed E-state index contributed by atoms with van der Waals surface area (Å²) in [7, 11) is 0. The number of halogens is 7. The van der Waals surface area contributed by atoms with E-state index in [0.717, 1.165) is 18.2 Å². The molecular formula is C22H17F7N2O2. The molecule has 0 aromatic heterocycles. The summed E-state index contributed by atoms with van der Waals surface area (Å²) in [5.74, 6) is -9.72. The molecule has 3 rings (SSSR count).